The van der Waals surface area contributed by atoms with Crippen molar-refractivity contribution in [1.29, 1.82) is 0 Å². The molecule has 0 aliphatic heterocycles. The highest BCUT2D eigenvalue weighted by molar-refractivity contribution is 5.46. The summed E-state index contributed by atoms with van der Waals surface area (Å²) in [6, 6.07) is 12.9. The molecule has 0 radical (unpaired) electrons. The minimum atomic E-state index is -0.179. The van der Waals surface area contributed by atoms with Crippen molar-refractivity contribution in [3.05, 3.63) is 65.0 Å². The van der Waals surface area contributed by atoms with Crippen LogP contribution in [0.4, 0.5) is 10.1 Å². The van der Waals surface area contributed by atoms with Gasteiger partial charge in [-0.1, -0.05) is 31.2 Å². The first-order chi connectivity index (χ1) is 9.60. The van der Waals surface area contributed by atoms with Crippen molar-refractivity contribution in [2.24, 2.45) is 0 Å². The molecule has 0 saturated heterocycles. The van der Waals surface area contributed by atoms with Crippen molar-refractivity contribution in [2.75, 3.05) is 12.3 Å². The predicted octanol–water partition coefficient (Wildman–Crippen LogP) is 3.74. The molecule has 2 aromatic rings. The smallest absolute Gasteiger partial charge is 0.123 e. The van der Waals surface area contributed by atoms with E-state index in [1.54, 1.807) is 6.07 Å². The summed E-state index contributed by atoms with van der Waals surface area (Å²) in [5.74, 6) is -0.179. The number of anilines is 1. The third kappa shape index (κ3) is 3.58. The van der Waals surface area contributed by atoms with Gasteiger partial charge in [0.1, 0.15) is 5.82 Å². The molecule has 0 amide bonds. The average Bonchev–Trinajstić information content (AvgIpc) is 2.43. The molecule has 0 aliphatic rings. The number of nitrogens with zero attached hydrogens (tertiary/aromatic N) is 1. The minimum Gasteiger partial charge on any atom is -0.398 e. The van der Waals surface area contributed by atoms with Gasteiger partial charge in [0, 0.05) is 18.8 Å². The van der Waals surface area contributed by atoms with Gasteiger partial charge in [-0.25, -0.2) is 4.39 Å². The third-order valence-electron chi connectivity index (χ3n) is 3.59. The van der Waals surface area contributed by atoms with E-state index in [1.807, 2.05) is 31.2 Å². The Bertz CT molecular complexity index is 581. The highest BCUT2D eigenvalue weighted by Crippen LogP contribution is 2.17. The second kappa shape index (κ2) is 6.53. The van der Waals surface area contributed by atoms with E-state index in [1.165, 1.54) is 6.07 Å². The molecule has 0 atom stereocenters. The van der Waals surface area contributed by atoms with Crippen LogP contribution in [-0.2, 0) is 13.1 Å². The van der Waals surface area contributed by atoms with Gasteiger partial charge in [-0.2, -0.15) is 0 Å². The first kappa shape index (κ1) is 14.5. The predicted molar refractivity (Wildman–Crippen MR) is 81.8 cm³/mol. The molecule has 0 unspecified atom stereocenters. The Morgan fingerprint density at radius 2 is 1.75 bits per heavy atom. The molecule has 0 bridgehead atoms. The van der Waals surface area contributed by atoms with Crippen molar-refractivity contribution in [2.45, 2.75) is 26.9 Å². The van der Waals surface area contributed by atoms with Crippen LogP contribution in [0.5, 0.6) is 0 Å². The van der Waals surface area contributed by atoms with Crippen LogP contribution in [0.2, 0.25) is 0 Å². The van der Waals surface area contributed by atoms with Crippen LogP contribution in [0, 0.1) is 12.7 Å². The van der Waals surface area contributed by atoms with E-state index >= 15 is 0 Å². The molecule has 2 nitrogen and oxygen atoms in total. The molecular formula is C17H21FN2. The van der Waals surface area contributed by atoms with Gasteiger partial charge >= 0.3 is 0 Å². The summed E-state index contributed by atoms with van der Waals surface area (Å²) < 4.78 is 13.1. The number of nitrogen functional groups attached to an aromatic ring is 1. The van der Waals surface area contributed by atoms with Crippen molar-refractivity contribution < 1.29 is 4.39 Å². The molecular weight excluding hydrogens is 251 g/mol. The standard InChI is InChI=1S/C17H21FN2/c1-3-20(12-15-6-4-5-7-17(15)19)11-14-8-9-16(18)10-13(14)2/h4-10H,3,11-12,19H2,1-2H3. The molecule has 20 heavy (non-hydrogen) atoms. The Morgan fingerprint density at radius 1 is 1.05 bits per heavy atom. The maximum atomic E-state index is 13.1. The lowest BCUT2D eigenvalue weighted by atomic mass is 10.1. The minimum absolute atomic E-state index is 0.179. The Labute approximate surface area is 120 Å². The fourth-order valence-corrected chi connectivity index (χ4v) is 2.28. The van der Waals surface area contributed by atoms with Gasteiger partial charge in [-0.3, -0.25) is 4.90 Å². The second-order valence-electron chi connectivity index (χ2n) is 5.07. The second-order valence-corrected chi connectivity index (χ2v) is 5.07. The van der Waals surface area contributed by atoms with E-state index in [2.05, 4.69) is 17.9 Å². The van der Waals surface area contributed by atoms with E-state index in [4.69, 9.17) is 5.73 Å². The van der Waals surface area contributed by atoms with E-state index in [9.17, 15) is 4.39 Å². The summed E-state index contributed by atoms with van der Waals surface area (Å²) in [6.07, 6.45) is 0. The Morgan fingerprint density at radius 3 is 2.40 bits per heavy atom. The van der Waals surface area contributed by atoms with Crippen LogP contribution >= 0.6 is 0 Å². The number of hydrogen-bond donors (Lipinski definition) is 1. The van der Waals surface area contributed by atoms with Gasteiger partial charge in [0.15, 0.2) is 0 Å². The SMILES string of the molecule is CCN(Cc1ccc(F)cc1C)Cc1ccccc1N. The molecule has 0 aromatic heterocycles. The average molecular weight is 272 g/mol. The normalized spacial score (nSPS) is 11.0. The monoisotopic (exact) mass is 272 g/mol. The topological polar surface area (TPSA) is 29.3 Å². The van der Waals surface area contributed by atoms with Gasteiger partial charge in [-0.15, -0.1) is 0 Å². The molecule has 2 aromatic carbocycles. The Hall–Kier alpha value is -1.87. The summed E-state index contributed by atoms with van der Waals surface area (Å²) in [5.41, 5.74) is 10.1. The molecule has 106 valence electrons. The zero-order chi connectivity index (χ0) is 14.5. The summed E-state index contributed by atoms with van der Waals surface area (Å²) in [5, 5.41) is 0. The third-order valence-corrected chi connectivity index (χ3v) is 3.59. The van der Waals surface area contributed by atoms with Crippen molar-refractivity contribution in [1.82, 2.24) is 4.90 Å². The number of aryl methyl sites for hydroxylation is 1. The fraction of sp³-hybridized carbons (Fsp3) is 0.294. The highest BCUT2D eigenvalue weighted by atomic mass is 19.1. The molecule has 3 heteroatoms. The first-order valence-corrected chi connectivity index (χ1v) is 6.91. The lowest BCUT2D eigenvalue weighted by Gasteiger charge is -2.22. The van der Waals surface area contributed by atoms with E-state index in [-0.39, 0.29) is 5.82 Å². The number of rotatable bonds is 5. The molecule has 0 spiro atoms. The Kier molecular flexibility index (Phi) is 4.74. The highest BCUT2D eigenvalue weighted by Gasteiger charge is 2.09. The molecule has 0 saturated carbocycles. The van der Waals surface area contributed by atoms with Gasteiger partial charge in [-0.05, 0) is 48.4 Å². The van der Waals surface area contributed by atoms with Crippen LogP contribution in [0.15, 0.2) is 42.5 Å². The van der Waals surface area contributed by atoms with Crippen molar-refractivity contribution >= 4 is 5.69 Å². The summed E-state index contributed by atoms with van der Waals surface area (Å²) in [7, 11) is 0. The zero-order valence-corrected chi connectivity index (χ0v) is 12.1. The number of halogens is 1. The lowest BCUT2D eigenvalue weighted by molar-refractivity contribution is 0.271. The van der Waals surface area contributed by atoms with Gasteiger partial charge in [0.25, 0.3) is 0 Å². The first-order valence-electron chi connectivity index (χ1n) is 6.91. The van der Waals surface area contributed by atoms with Gasteiger partial charge < -0.3 is 5.73 Å². The number of para-hydroxylation sites is 1. The fourth-order valence-electron chi connectivity index (χ4n) is 2.28. The molecule has 0 aliphatic carbocycles. The van der Waals surface area contributed by atoms with Crippen molar-refractivity contribution in [3.63, 3.8) is 0 Å². The van der Waals surface area contributed by atoms with Crippen LogP contribution in [0.3, 0.4) is 0 Å². The lowest BCUT2D eigenvalue weighted by Crippen LogP contribution is -2.23. The van der Waals surface area contributed by atoms with Gasteiger partial charge in [0.2, 0.25) is 0 Å². The number of nitrogens with two attached hydrogens (primary N) is 1. The van der Waals surface area contributed by atoms with Crippen LogP contribution in [-0.4, -0.2) is 11.4 Å². The summed E-state index contributed by atoms with van der Waals surface area (Å²) in [6.45, 7) is 6.60. The molecule has 0 fully saturated rings. The van der Waals surface area contributed by atoms with E-state index < -0.39 is 0 Å². The van der Waals surface area contributed by atoms with Crippen LogP contribution in [0.25, 0.3) is 0 Å². The zero-order valence-electron chi connectivity index (χ0n) is 12.1. The maximum Gasteiger partial charge on any atom is 0.123 e. The largest absolute Gasteiger partial charge is 0.398 e. The quantitative estimate of drug-likeness (QED) is 0.840. The number of hydrogen-bond acceptors (Lipinski definition) is 2. The van der Waals surface area contributed by atoms with Crippen LogP contribution < -0.4 is 5.73 Å². The number of benzene rings is 2. The van der Waals surface area contributed by atoms with Crippen LogP contribution in [0.1, 0.15) is 23.6 Å². The molecule has 0 heterocycles. The molecule has 2 rings (SSSR count). The molecule has 2 N–H and O–H groups in total. The maximum absolute atomic E-state index is 13.1. The van der Waals surface area contributed by atoms with E-state index in [0.29, 0.717) is 0 Å². The van der Waals surface area contributed by atoms with Gasteiger partial charge in [0.05, 0.1) is 0 Å². The van der Waals surface area contributed by atoms with E-state index in [0.717, 1.165) is 42.0 Å². The summed E-state index contributed by atoms with van der Waals surface area (Å²) >= 11 is 0. The van der Waals surface area contributed by atoms with Crippen molar-refractivity contribution in [3.8, 4) is 0 Å². The summed E-state index contributed by atoms with van der Waals surface area (Å²) in [4.78, 5) is 2.30. The Balaban J connectivity index is 2.11.